The topological polar surface area (TPSA) is 58.6 Å². The van der Waals surface area contributed by atoms with Gasteiger partial charge in [0.25, 0.3) is 5.91 Å². The van der Waals surface area contributed by atoms with Gasteiger partial charge in [0, 0.05) is 13.0 Å². The molecule has 1 heterocycles. The lowest BCUT2D eigenvalue weighted by molar-refractivity contribution is -0.140. The summed E-state index contributed by atoms with van der Waals surface area (Å²) in [5.41, 5.74) is 2.60. The van der Waals surface area contributed by atoms with Crippen LogP contribution in [0.4, 0.5) is 0 Å². The van der Waals surface area contributed by atoms with Crippen LogP contribution in [0.25, 0.3) is 0 Å². The van der Waals surface area contributed by atoms with Crippen molar-refractivity contribution in [2.24, 2.45) is 0 Å². The zero-order chi connectivity index (χ0) is 20.3. The van der Waals surface area contributed by atoms with Gasteiger partial charge in [-0.2, -0.15) is 0 Å². The molecule has 0 saturated carbocycles. The minimum Gasteiger partial charge on any atom is -0.445 e. The number of ether oxygens (including phenoxy) is 1. The number of cyclic esters (lactones) is 1. The van der Waals surface area contributed by atoms with E-state index in [2.05, 4.69) is 41.4 Å². The summed E-state index contributed by atoms with van der Waals surface area (Å²) in [5.74, 6) is -0.716. The quantitative estimate of drug-likeness (QED) is 0.782. The van der Waals surface area contributed by atoms with Crippen molar-refractivity contribution in [3.8, 4) is 0 Å². The van der Waals surface area contributed by atoms with Crippen molar-refractivity contribution in [2.75, 3.05) is 20.6 Å². The number of nitrogens with one attached hydrogen (secondary N) is 1. The summed E-state index contributed by atoms with van der Waals surface area (Å²) in [6, 6.07) is 15.8. The van der Waals surface area contributed by atoms with Crippen LogP contribution in [0.1, 0.15) is 46.9 Å². The van der Waals surface area contributed by atoms with Crippen molar-refractivity contribution < 1.29 is 14.3 Å². The maximum Gasteiger partial charge on any atom is 0.339 e. The maximum absolute atomic E-state index is 12.9. The van der Waals surface area contributed by atoms with E-state index in [1.807, 2.05) is 26.2 Å². The number of benzene rings is 2. The lowest BCUT2D eigenvalue weighted by Crippen LogP contribution is -2.52. The van der Waals surface area contributed by atoms with Gasteiger partial charge in [-0.05, 0) is 50.2 Å². The van der Waals surface area contributed by atoms with Gasteiger partial charge in [-0.25, -0.2) is 4.79 Å². The highest BCUT2D eigenvalue weighted by Gasteiger charge is 2.42. The Morgan fingerprint density at radius 2 is 1.86 bits per heavy atom. The van der Waals surface area contributed by atoms with E-state index in [4.69, 9.17) is 4.74 Å². The highest BCUT2D eigenvalue weighted by Crippen LogP contribution is 2.28. The molecular formula is C23H28N2O3. The predicted octanol–water partition coefficient (Wildman–Crippen LogP) is 3.14. The zero-order valence-electron chi connectivity index (χ0n) is 17.0. The molecule has 0 fully saturated rings. The molecule has 0 radical (unpaired) electrons. The van der Waals surface area contributed by atoms with Crippen molar-refractivity contribution in [3.05, 3.63) is 70.8 Å². The van der Waals surface area contributed by atoms with Gasteiger partial charge < -0.3 is 15.0 Å². The minimum atomic E-state index is -1.20. The molecule has 148 valence electrons. The number of carbonyl (C=O) groups is 2. The third-order valence-corrected chi connectivity index (χ3v) is 5.42. The molecule has 2 aromatic carbocycles. The molecule has 0 spiro atoms. The van der Waals surface area contributed by atoms with Crippen molar-refractivity contribution >= 4 is 11.9 Å². The number of rotatable bonds is 6. The van der Waals surface area contributed by atoms with E-state index in [9.17, 15) is 9.59 Å². The van der Waals surface area contributed by atoms with E-state index >= 15 is 0 Å². The SMILES string of the molecule is CCc1ccc(C(CNC(=O)C2(C)Cc3ccccc3C(=O)O2)N(C)C)cc1. The van der Waals surface area contributed by atoms with Crippen LogP contribution in [0.2, 0.25) is 0 Å². The highest BCUT2D eigenvalue weighted by atomic mass is 16.6. The number of hydrogen-bond donors (Lipinski definition) is 1. The minimum absolute atomic E-state index is 0.0324. The molecule has 0 bridgehead atoms. The summed E-state index contributed by atoms with van der Waals surface area (Å²) in [4.78, 5) is 27.3. The maximum atomic E-state index is 12.9. The van der Waals surface area contributed by atoms with Crippen LogP contribution in [0.5, 0.6) is 0 Å². The molecule has 0 saturated heterocycles. The fourth-order valence-electron chi connectivity index (χ4n) is 3.61. The number of fused-ring (bicyclic) bond motifs is 1. The molecule has 2 atom stereocenters. The van der Waals surface area contributed by atoms with Gasteiger partial charge in [-0.15, -0.1) is 0 Å². The Hall–Kier alpha value is -2.66. The number of likely N-dealkylation sites (N-methyl/N-ethyl adjacent to an activating group) is 1. The van der Waals surface area contributed by atoms with Crippen molar-refractivity contribution in [2.45, 2.75) is 38.3 Å². The largest absolute Gasteiger partial charge is 0.445 e. The molecule has 5 heteroatoms. The lowest BCUT2D eigenvalue weighted by atomic mass is 9.89. The smallest absolute Gasteiger partial charge is 0.339 e. The zero-order valence-corrected chi connectivity index (χ0v) is 17.0. The fourth-order valence-corrected chi connectivity index (χ4v) is 3.61. The molecule has 2 unspecified atom stereocenters. The van der Waals surface area contributed by atoms with Crippen molar-refractivity contribution in [1.29, 1.82) is 0 Å². The molecule has 0 aromatic heterocycles. The molecule has 2 aromatic rings. The van der Waals surface area contributed by atoms with Gasteiger partial charge in [0.15, 0.2) is 5.60 Å². The average Bonchev–Trinajstić information content (AvgIpc) is 2.68. The van der Waals surface area contributed by atoms with Crippen LogP contribution in [-0.2, 0) is 22.4 Å². The standard InChI is InChI=1S/C23H28N2O3/c1-5-16-10-12-17(13-11-16)20(25(3)4)15-24-22(27)23(2)14-18-8-6-7-9-19(18)21(26)28-23/h6-13,20H,5,14-15H2,1-4H3,(H,24,27). The van der Waals surface area contributed by atoms with Gasteiger partial charge >= 0.3 is 5.97 Å². The van der Waals surface area contributed by atoms with E-state index in [0.717, 1.165) is 17.5 Å². The van der Waals surface area contributed by atoms with E-state index in [1.54, 1.807) is 19.1 Å². The molecule has 1 N–H and O–H groups in total. The first-order valence-electron chi connectivity index (χ1n) is 9.69. The van der Waals surface area contributed by atoms with Gasteiger partial charge in [0.05, 0.1) is 11.6 Å². The van der Waals surface area contributed by atoms with Crippen LogP contribution in [-0.4, -0.2) is 43.0 Å². The number of hydrogen-bond acceptors (Lipinski definition) is 4. The molecule has 1 aliphatic rings. The first-order chi connectivity index (χ1) is 13.3. The molecule has 1 amide bonds. The Morgan fingerprint density at radius 3 is 2.50 bits per heavy atom. The molecule has 28 heavy (non-hydrogen) atoms. The second-order valence-electron chi connectivity index (χ2n) is 7.74. The summed E-state index contributed by atoms with van der Waals surface area (Å²) in [6.07, 6.45) is 1.37. The summed E-state index contributed by atoms with van der Waals surface area (Å²) < 4.78 is 5.53. The second kappa shape index (κ2) is 8.15. The van der Waals surface area contributed by atoms with E-state index in [-0.39, 0.29) is 11.9 Å². The molecular weight excluding hydrogens is 352 g/mol. The van der Waals surface area contributed by atoms with Gasteiger partial charge in [-0.1, -0.05) is 49.4 Å². The highest BCUT2D eigenvalue weighted by molar-refractivity contribution is 5.97. The van der Waals surface area contributed by atoms with Crippen LogP contribution >= 0.6 is 0 Å². The monoisotopic (exact) mass is 380 g/mol. The Labute approximate surface area is 166 Å². The number of nitrogens with zero attached hydrogens (tertiary/aromatic N) is 1. The summed E-state index contributed by atoms with van der Waals surface area (Å²) >= 11 is 0. The molecule has 3 rings (SSSR count). The van der Waals surface area contributed by atoms with Crippen LogP contribution in [0.15, 0.2) is 48.5 Å². The van der Waals surface area contributed by atoms with Gasteiger partial charge in [0.1, 0.15) is 0 Å². The number of esters is 1. The Kier molecular flexibility index (Phi) is 5.84. The fraction of sp³-hybridized carbons (Fsp3) is 0.391. The Balaban J connectivity index is 1.71. The van der Waals surface area contributed by atoms with E-state index in [0.29, 0.717) is 18.5 Å². The summed E-state index contributed by atoms with van der Waals surface area (Å²) in [5, 5.41) is 2.99. The van der Waals surface area contributed by atoms with E-state index in [1.165, 1.54) is 5.56 Å². The number of amides is 1. The van der Waals surface area contributed by atoms with Crippen LogP contribution in [0, 0.1) is 0 Å². The Morgan fingerprint density at radius 1 is 1.18 bits per heavy atom. The normalized spacial score (nSPS) is 19.7. The average molecular weight is 380 g/mol. The van der Waals surface area contributed by atoms with E-state index < -0.39 is 11.6 Å². The second-order valence-corrected chi connectivity index (χ2v) is 7.74. The van der Waals surface area contributed by atoms with Crippen molar-refractivity contribution in [1.82, 2.24) is 10.2 Å². The van der Waals surface area contributed by atoms with Gasteiger partial charge in [-0.3, -0.25) is 4.79 Å². The van der Waals surface area contributed by atoms with Crippen LogP contribution in [0.3, 0.4) is 0 Å². The number of aryl methyl sites for hydroxylation is 1. The molecule has 1 aliphatic heterocycles. The van der Waals surface area contributed by atoms with Gasteiger partial charge in [0.2, 0.25) is 0 Å². The number of carbonyl (C=O) groups excluding carboxylic acids is 2. The van der Waals surface area contributed by atoms with Crippen LogP contribution < -0.4 is 5.32 Å². The third kappa shape index (κ3) is 4.09. The predicted molar refractivity (Wildman–Crippen MR) is 109 cm³/mol. The summed E-state index contributed by atoms with van der Waals surface area (Å²) in [7, 11) is 3.98. The summed E-state index contributed by atoms with van der Waals surface area (Å²) in [6.45, 7) is 4.24. The first kappa shape index (κ1) is 20.1. The Bertz CT molecular complexity index is 860. The first-order valence-corrected chi connectivity index (χ1v) is 9.69. The molecule has 0 aliphatic carbocycles. The van der Waals surface area contributed by atoms with Crippen molar-refractivity contribution in [3.63, 3.8) is 0 Å². The molecule has 5 nitrogen and oxygen atoms in total. The third-order valence-electron chi connectivity index (χ3n) is 5.42. The lowest BCUT2D eigenvalue weighted by Gasteiger charge is -2.34.